The number of carbonyl (C=O) groups is 3. The van der Waals surface area contributed by atoms with Gasteiger partial charge in [-0.05, 0) is 66.6 Å². The molecule has 3 aromatic rings. The van der Waals surface area contributed by atoms with Crippen LogP contribution in [0.15, 0.2) is 72.6 Å². The number of aryl methyl sites for hydroxylation is 1. The first kappa shape index (κ1) is 22.7. The van der Waals surface area contributed by atoms with Crippen molar-refractivity contribution in [3.05, 3.63) is 89.3 Å². The minimum absolute atomic E-state index is 0.0364. The van der Waals surface area contributed by atoms with Gasteiger partial charge in [0, 0.05) is 36.3 Å². The van der Waals surface area contributed by atoms with Crippen LogP contribution in [0, 0.1) is 6.92 Å². The smallest absolute Gasteiger partial charge is 0.300 e. The number of rotatable bonds is 5. The molecule has 2 N–H and O–H groups in total. The maximum Gasteiger partial charge on any atom is 0.300 e. The number of hydrogen-bond donors (Lipinski definition) is 2. The van der Waals surface area contributed by atoms with E-state index in [2.05, 4.69) is 10.3 Å². The Morgan fingerprint density at radius 1 is 1.09 bits per heavy atom. The molecular formula is C26H23N3O5. The average Bonchev–Trinajstić information content (AvgIpc) is 3.09. The van der Waals surface area contributed by atoms with Gasteiger partial charge in [-0.1, -0.05) is 6.07 Å². The van der Waals surface area contributed by atoms with Crippen molar-refractivity contribution in [3.8, 4) is 5.75 Å². The van der Waals surface area contributed by atoms with Gasteiger partial charge in [-0.25, -0.2) is 0 Å². The van der Waals surface area contributed by atoms with E-state index in [4.69, 9.17) is 4.74 Å². The lowest BCUT2D eigenvalue weighted by Gasteiger charge is -2.25. The third-order valence-corrected chi connectivity index (χ3v) is 5.58. The summed E-state index contributed by atoms with van der Waals surface area (Å²) in [7, 11) is 1.55. The van der Waals surface area contributed by atoms with Gasteiger partial charge in [0.25, 0.3) is 11.7 Å². The van der Waals surface area contributed by atoms with Gasteiger partial charge in [-0.2, -0.15) is 0 Å². The standard InChI is InChI=1S/C26H23N3O5/c1-15-13-18(7-8-21(15)34-3)24(31)22-23(17-9-11-27-12-10-17)29(26(33)25(22)32)20-6-4-5-19(14-20)28-16(2)30/h4-14,23,31H,1-3H3,(H,28,30)/b24-22+. The van der Waals surface area contributed by atoms with Crippen LogP contribution in [0.2, 0.25) is 0 Å². The fraction of sp³-hybridized carbons (Fsp3) is 0.154. The number of Topliss-reactive ketones (excluding diaryl/α,β-unsaturated/α-hetero) is 1. The maximum atomic E-state index is 13.2. The maximum absolute atomic E-state index is 13.2. The number of nitrogens with zero attached hydrogens (tertiary/aromatic N) is 2. The lowest BCUT2D eigenvalue weighted by Crippen LogP contribution is -2.29. The van der Waals surface area contributed by atoms with Crippen molar-refractivity contribution in [2.24, 2.45) is 0 Å². The lowest BCUT2D eigenvalue weighted by molar-refractivity contribution is -0.132. The van der Waals surface area contributed by atoms with Crippen LogP contribution in [0.4, 0.5) is 11.4 Å². The van der Waals surface area contributed by atoms with E-state index in [1.165, 1.54) is 11.8 Å². The molecule has 0 radical (unpaired) electrons. The highest BCUT2D eigenvalue weighted by Gasteiger charge is 2.47. The summed E-state index contributed by atoms with van der Waals surface area (Å²) >= 11 is 0. The number of methoxy groups -OCH3 is 1. The van der Waals surface area contributed by atoms with E-state index in [1.54, 1.807) is 74.1 Å². The average molecular weight is 457 g/mol. The van der Waals surface area contributed by atoms with Crippen molar-refractivity contribution in [1.82, 2.24) is 4.98 Å². The van der Waals surface area contributed by atoms with Gasteiger partial charge in [-0.15, -0.1) is 0 Å². The van der Waals surface area contributed by atoms with Crippen molar-refractivity contribution in [1.29, 1.82) is 0 Å². The number of hydrogen-bond acceptors (Lipinski definition) is 6. The molecule has 2 aromatic carbocycles. The van der Waals surface area contributed by atoms with Crippen molar-refractivity contribution < 1.29 is 24.2 Å². The van der Waals surface area contributed by atoms with Crippen molar-refractivity contribution >= 4 is 34.7 Å². The van der Waals surface area contributed by atoms with Crippen LogP contribution >= 0.6 is 0 Å². The zero-order chi connectivity index (χ0) is 24.4. The summed E-state index contributed by atoms with van der Waals surface area (Å²) in [4.78, 5) is 43.4. The number of aromatic nitrogens is 1. The fourth-order valence-electron chi connectivity index (χ4n) is 4.08. The highest BCUT2D eigenvalue weighted by Crippen LogP contribution is 2.42. The van der Waals surface area contributed by atoms with E-state index in [-0.39, 0.29) is 17.2 Å². The molecule has 1 saturated heterocycles. The molecule has 1 atom stereocenters. The van der Waals surface area contributed by atoms with Crippen LogP contribution in [0.5, 0.6) is 5.75 Å². The number of anilines is 2. The first-order chi connectivity index (χ1) is 16.3. The van der Waals surface area contributed by atoms with E-state index < -0.39 is 17.7 Å². The summed E-state index contributed by atoms with van der Waals surface area (Å²) in [6.45, 7) is 3.20. The molecule has 2 amide bonds. The van der Waals surface area contributed by atoms with E-state index >= 15 is 0 Å². The van der Waals surface area contributed by atoms with E-state index in [0.717, 1.165) is 5.56 Å². The Morgan fingerprint density at radius 2 is 1.82 bits per heavy atom. The van der Waals surface area contributed by atoms with Gasteiger partial charge >= 0.3 is 0 Å². The van der Waals surface area contributed by atoms with E-state index in [1.807, 2.05) is 6.92 Å². The SMILES string of the molecule is COc1ccc(/C(O)=C2\C(=O)C(=O)N(c3cccc(NC(C)=O)c3)C2c2ccncc2)cc1C. The van der Waals surface area contributed by atoms with Crippen molar-refractivity contribution in [2.45, 2.75) is 19.9 Å². The first-order valence-corrected chi connectivity index (χ1v) is 10.6. The number of amides is 2. The second-order valence-corrected chi connectivity index (χ2v) is 7.87. The van der Waals surface area contributed by atoms with Crippen LogP contribution in [0.25, 0.3) is 5.76 Å². The zero-order valence-electron chi connectivity index (χ0n) is 18.9. The summed E-state index contributed by atoms with van der Waals surface area (Å²) in [5.41, 5.74) is 2.61. The Hall–Kier alpha value is -4.46. The molecule has 1 aromatic heterocycles. The minimum Gasteiger partial charge on any atom is -0.507 e. The molecule has 0 saturated carbocycles. The second kappa shape index (κ2) is 9.19. The normalized spacial score (nSPS) is 17.0. The predicted molar refractivity (Wildman–Crippen MR) is 127 cm³/mol. The number of aliphatic hydroxyl groups is 1. The lowest BCUT2D eigenvalue weighted by atomic mass is 9.95. The predicted octanol–water partition coefficient (Wildman–Crippen LogP) is 3.98. The Bertz CT molecular complexity index is 1320. The van der Waals surface area contributed by atoms with Gasteiger partial charge < -0.3 is 15.2 Å². The minimum atomic E-state index is -0.891. The van der Waals surface area contributed by atoms with E-state index in [0.29, 0.717) is 28.3 Å². The summed E-state index contributed by atoms with van der Waals surface area (Å²) in [6, 6.07) is 14.1. The Kier molecular flexibility index (Phi) is 6.14. The quantitative estimate of drug-likeness (QED) is 0.341. The Balaban J connectivity index is 1.90. The molecule has 0 bridgehead atoms. The van der Waals surface area contributed by atoms with Gasteiger partial charge in [0.1, 0.15) is 11.5 Å². The molecule has 8 nitrogen and oxygen atoms in total. The number of benzene rings is 2. The fourth-order valence-corrected chi connectivity index (χ4v) is 4.08. The molecule has 1 aliphatic rings. The van der Waals surface area contributed by atoms with Gasteiger partial charge in [0.05, 0.1) is 18.7 Å². The number of aliphatic hydroxyl groups excluding tert-OH is 1. The third-order valence-electron chi connectivity index (χ3n) is 5.58. The monoisotopic (exact) mass is 457 g/mol. The summed E-state index contributed by atoms with van der Waals surface area (Å²) < 4.78 is 5.28. The summed E-state index contributed by atoms with van der Waals surface area (Å²) in [6.07, 6.45) is 3.11. The number of carbonyl (C=O) groups excluding carboxylic acids is 3. The van der Waals surface area contributed by atoms with E-state index in [9.17, 15) is 19.5 Å². The van der Waals surface area contributed by atoms with Crippen LogP contribution in [-0.2, 0) is 14.4 Å². The number of nitrogens with one attached hydrogen (secondary N) is 1. The molecule has 34 heavy (non-hydrogen) atoms. The summed E-state index contributed by atoms with van der Waals surface area (Å²) in [5, 5.41) is 13.9. The molecular weight excluding hydrogens is 434 g/mol. The molecule has 1 unspecified atom stereocenters. The van der Waals surface area contributed by atoms with Crippen LogP contribution < -0.4 is 15.0 Å². The largest absolute Gasteiger partial charge is 0.507 e. The molecule has 0 spiro atoms. The van der Waals surface area contributed by atoms with Gasteiger partial charge in [0.15, 0.2) is 0 Å². The Labute approximate surface area is 196 Å². The highest BCUT2D eigenvalue weighted by atomic mass is 16.5. The van der Waals surface area contributed by atoms with Gasteiger partial charge in [0.2, 0.25) is 5.91 Å². The molecule has 0 aliphatic carbocycles. The molecule has 172 valence electrons. The number of pyridine rings is 1. The van der Waals surface area contributed by atoms with Crippen molar-refractivity contribution in [2.75, 3.05) is 17.3 Å². The van der Waals surface area contributed by atoms with Crippen LogP contribution in [0.3, 0.4) is 0 Å². The molecule has 1 aliphatic heterocycles. The zero-order valence-corrected chi connectivity index (χ0v) is 18.9. The molecule has 2 heterocycles. The van der Waals surface area contributed by atoms with Crippen LogP contribution in [0.1, 0.15) is 29.7 Å². The highest BCUT2D eigenvalue weighted by molar-refractivity contribution is 6.51. The second-order valence-electron chi connectivity index (χ2n) is 7.87. The van der Waals surface area contributed by atoms with Crippen LogP contribution in [-0.4, -0.2) is 34.8 Å². The number of ether oxygens (including phenoxy) is 1. The molecule has 8 heteroatoms. The third kappa shape index (κ3) is 4.13. The first-order valence-electron chi connectivity index (χ1n) is 10.6. The summed E-state index contributed by atoms with van der Waals surface area (Å²) in [5.74, 6) is -1.50. The number of ketones is 1. The van der Waals surface area contributed by atoms with Crippen molar-refractivity contribution in [3.63, 3.8) is 0 Å². The molecule has 4 rings (SSSR count). The topological polar surface area (TPSA) is 109 Å². The molecule has 1 fully saturated rings. The van der Waals surface area contributed by atoms with Gasteiger partial charge in [-0.3, -0.25) is 24.3 Å². The Morgan fingerprint density at radius 3 is 2.47 bits per heavy atom.